The number of aliphatic hydroxyl groups is 1. The van der Waals surface area contributed by atoms with E-state index in [1.165, 1.54) is 17.5 Å². The highest BCUT2D eigenvalue weighted by atomic mass is 16.3. The van der Waals surface area contributed by atoms with Gasteiger partial charge in [0.25, 0.3) is 0 Å². The first-order valence-electron chi connectivity index (χ1n) is 8.26. The highest BCUT2D eigenvalue weighted by Crippen LogP contribution is 2.60. The largest absolute Gasteiger partial charge is 0.508 e. The summed E-state index contributed by atoms with van der Waals surface area (Å²) in [6.07, 6.45) is 4.95. The highest BCUT2D eigenvalue weighted by Gasteiger charge is 2.56. The zero-order valence-corrected chi connectivity index (χ0v) is 12.6. The van der Waals surface area contributed by atoms with Crippen LogP contribution in [0.1, 0.15) is 49.7 Å². The number of rotatable bonds is 0. The summed E-state index contributed by atoms with van der Waals surface area (Å²) in [6.45, 7) is 2.29. The fourth-order valence-electron chi connectivity index (χ4n) is 5.69. The van der Waals surface area contributed by atoms with Crippen molar-refractivity contribution in [3.63, 3.8) is 0 Å². The van der Waals surface area contributed by atoms with Crippen LogP contribution in [0.5, 0.6) is 5.75 Å². The first-order valence-corrected chi connectivity index (χ1v) is 8.26. The average molecular weight is 287 g/mol. The minimum absolute atomic E-state index is 0.106. The van der Waals surface area contributed by atoms with Crippen molar-refractivity contribution in [3.05, 3.63) is 29.3 Å². The molecule has 21 heavy (non-hydrogen) atoms. The number of fused-ring (bicyclic) bond motifs is 5. The van der Waals surface area contributed by atoms with Crippen LogP contribution in [0.4, 0.5) is 0 Å². The Labute approximate surface area is 126 Å². The van der Waals surface area contributed by atoms with E-state index in [2.05, 4.69) is 6.92 Å². The molecule has 0 heterocycles. The monoisotopic (exact) mass is 287 g/mol. The fourth-order valence-corrected chi connectivity index (χ4v) is 5.69. The topological polar surface area (TPSA) is 66.5 Å². The molecule has 0 bridgehead atoms. The van der Waals surface area contributed by atoms with E-state index in [-0.39, 0.29) is 23.5 Å². The van der Waals surface area contributed by atoms with Gasteiger partial charge in [-0.15, -0.1) is 0 Å². The third kappa shape index (κ3) is 1.80. The zero-order chi connectivity index (χ0) is 14.8. The summed E-state index contributed by atoms with van der Waals surface area (Å²) in [5, 5.41) is 20.5. The molecule has 3 heteroatoms. The maximum atomic E-state index is 10.8. The minimum Gasteiger partial charge on any atom is -0.508 e. The molecular formula is C18H25NO2. The molecule has 5 unspecified atom stereocenters. The van der Waals surface area contributed by atoms with Crippen LogP contribution in [0.3, 0.4) is 0 Å². The maximum Gasteiger partial charge on any atom is 0.115 e. The quantitative estimate of drug-likeness (QED) is 0.687. The summed E-state index contributed by atoms with van der Waals surface area (Å²) in [5.41, 5.74) is 8.97. The van der Waals surface area contributed by atoms with Crippen molar-refractivity contribution in [2.24, 2.45) is 23.0 Å². The molecule has 0 saturated heterocycles. The second-order valence-electron chi connectivity index (χ2n) is 7.68. The molecular weight excluding hydrogens is 262 g/mol. The van der Waals surface area contributed by atoms with Crippen molar-refractivity contribution < 1.29 is 10.2 Å². The Bertz CT molecular complexity index is 572. The third-order valence-corrected chi connectivity index (χ3v) is 6.76. The van der Waals surface area contributed by atoms with Crippen LogP contribution in [0.15, 0.2) is 18.2 Å². The summed E-state index contributed by atoms with van der Waals surface area (Å²) >= 11 is 0. The van der Waals surface area contributed by atoms with E-state index >= 15 is 0 Å². The van der Waals surface area contributed by atoms with Crippen molar-refractivity contribution in [1.29, 1.82) is 0 Å². The predicted octanol–water partition coefficient (Wildman–Crippen LogP) is 2.55. The van der Waals surface area contributed by atoms with Crippen molar-refractivity contribution in [3.8, 4) is 5.75 Å². The molecule has 114 valence electrons. The fraction of sp³-hybridized carbons (Fsp3) is 0.667. The SMILES string of the molecule is CC12CC(O)C3c4ccc(O)cc4CC[C@H]3C1CCC2N. The summed E-state index contributed by atoms with van der Waals surface area (Å²) in [7, 11) is 0. The van der Waals surface area contributed by atoms with Gasteiger partial charge in [0.2, 0.25) is 0 Å². The van der Waals surface area contributed by atoms with Crippen LogP contribution in [0.25, 0.3) is 0 Å². The molecule has 6 atom stereocenters. The lowest BCUT2D eigenvalue weighted by Crippen LogP contribution is -2.51. The number of aliphatic hydroxyl groups excluding tert-OH is 1. The number of hydrogen-bond donors (Lipinski definition) is 3. The predicted molar refractivity (Wildman–Crippen MR) is 82.1 cm³/mol. The molecule has 2 fully saturated rings. The Kier molecular flexibility index (Phi) is 2.89. The van der Waals surface area contributed by atoms with Gasteiger partial charge in [-0.1, -0.05) is 13.0 Å². The number of hydrogen-bond acceptors (Lipinski definition) is 3. The molecule has 1 aromatic rings. The van der Waals surface area contributed by atoms with E-state index in [1.807, 2.05) is 12.1 Å². The lowest BCUT2D eigenvalue weighted by atomic mass is 9.54. The Balaban J connectivity index is 1.76. The Hall–Kier alpha value is -1.06. The second-order valence-corrected chi connectivity index (χ2v) is 7.68. The molecule has 2 saturated carbocycles. The van der Waals surface area contributed by atoms with Crippen molar-refractivity contribution in [2.75, 3.05) is 0 Å². The van der Waals surface area contributed by atoms with Gasteiger partial charge in [-0.05, 0) is 72.6 Å². The molecule has 3 aliphatic carbocycles. The molecule has 0 aromatic heterocycles. The van der Waals surface area contributed by atoms with Crippen LogP contribution in [0, 0.1) is 17.3 Å². The van der Waals surface area contributed by atoms with Gasteiger partial charge in [0.1, 0.15) is 5.75 Å². The van der Waals surface area contributed by atoms with Crippen molar-refractivity contribution >= 4 is 0 Å². The van der Waals surface area contributed by atoms with Crippen molar-refractivity contribution in [2.45, 2.75) is 57.1 Å². The van der Waals surface area contributed by atoms with Gasteiger partial charge in [0.05, 0.1) is 6.10 Å². The minimum atomic E-state index is -0.302. The van der Waals surface area contributed by atoms with E-state index in [0.717, 1.165) is 25.7 Å². The van der Waals surface area contributed by atoms with E-state index in [0.29, 0.717) is 17.6 Å². The Morgan fingerprint density at radius 3 is 2.86 bits per heavy atom. The van der Waals surface area contributed by atoms with Crippen LogP contribution in [-0.4, -0.2) is 22.4 Å². The van der Waals surface area contributed by atoms with Crippen LogP contribution >= 0.6 is 0 Å². The second kappa shape index (κ2) is 4.47. The lowest BCUT2D eigenvalue weighted by molar-refractivity contribution is -0.0427. The molecule has 0 radical (unpaired) electrons. The average Bonchev–Trinajstić information content (AvgIpc) is 2.74. The number of aryl methyl sites for hydroxylation is 1. The molecule has 0 aliphatic heterocycles. The van der Waals surface area contributed by atoms with Gasteiger partial charge in [-0.25, -0.2) is 0 Å². The van der Waals surface area contributed by atoms with Gasteiger partial charge in [-0.3, -0.25) is 0 Å². The number of phenols is 1. The molecule has 3 nitrogen and oxygen atoms in total. The zero-order valence-electron chi connectivity index (χ0n) is 12.6. The molecule has 1 aromatic carbocycles. The normalized spacial score (nSPS) is 44.8. The molecule has 0 amide bonds. The molecule has 3 aliphatic rings. The van der Waals surface area contributed by atoms with E-state index in [9.17, 15) is 10.2 Å². The smallest absolute Gasteiger partial charge is 0.115 e. The van der Waals surface area contributed by atoms with Gasteiger partial charge in [0, 0.05) is 12.0 Å². The lowest BCUT2D eigenvalue weighted by Gasteiger charge is -2.52. The van der Waals surface area contributed by atoms with E-state index in [1.54, 1.807) is 6.07 Å². The standard InChI is InChI=1S/C18H25NO2/c1-18-9-15(21)17-12-5-3-11(20)8-10(12)2-4-13(17)14(18)6-7-16(18)19/h3,5,8,13-17,20-21H,2,4,6-7,9,19H2,1H3/t13-,14?,15?,16?,17?,18?/m0/s1. The molecule has 4 rings (SSSR count). The third-order valence-electron chi connectivity index (χ3n) is 6.76. The van der Waals surface area contributed by atoms with Gasteiger partial charge >= 0.3 is 0 Å². The number of nitrogens with two attached hydrogens (primary N) is 1. The molecule has 0 spiro atoms. The summed E-state index contributed by atoms with van der Waals surface area (Å²) in [5.74, 6) is 1.76. The van der Waals surface area contributed by atoms with E-state index in [4.69, 9.17) is 5.73 Å². The summed E-state index contributed by atoms with van der Waals surface area (Å²) in [4.78, 5) is 0. The number of phenolic OH excluding ortho intramolecular Hbond substituents is 1. The van der Waals surface area contributed by atoms with Gasteiger partial charge in [0.15, 0.2) is 0 Å². The van der Waals surface area contributed by atoms with Crippen LogP contribution < -0.4 is 5.73 Å². The Morgan fingerprint density at radius 2 is 2.05 bits per heavy atom. The first-order chi connectivity index (χ1) is 10.0. The van der Waals surface area contributed by atoms with E-state index < -0.39 is 0 Å². The number of aromatic hydroxyl groups is 1. The van der Waals surface area contributed by atoms with Gasteiger partial charge in [-0.2, -0.15) is 0 Å². The number of benzene rings is 1. The van der Waals surface area contributed by atoms with Crippen LogP contribution in [0.2, 0.25) is 0 Å². The first kappa shape index (κ1) is 13.6. The maximum absolute atomic E-state index is 10.8. The van der Waals surface area contributed by atoms with Crippen molar-refractivity contribution in [1.82, 2.24) is 0 Å². The molecule has 4 N–H and O–H groups in total. The Morgan fingerprint density at radius 1 is 1.24 bits per heavy atom. The van der Waals surface area contributed by atoms with Crippen LogP contribution in [-0.2, 0) is 6.42 Å². The highest BCUT2D eigenvalue weighted by molar-refractivity contribution is 5.41. The summed E-state index contributed by atoms with van der Waals surface area (Å²) in [6, 6.07) is 5.91. The van der Waals surface area contributed by atoms with Gasteiger partial charge < -0.3 is 15.9 Å². The summed E-state index contributed by atoms with van der Waals surface area (Å²) < 4.78 is 0.